The monoisotopic (exact) mass is 383 g/mol. The molecule has 0 bridgehead atoms. The molecule has 1 N–H and O–H groups in total. The fraction of sp³-hybridized carbons (Fsp3) is 0.438. The van der Waals surface area contributed by atoms with Crippen molar-refractivity contribution >= 4 is 29.3 Å². The number of thioether (sulfide) groups is 1. The highest BCUT2D eigenvalue weighted by Gasteiger charge is 2.16. The quantitative estimate of drug-likeness (QED) is 0.820. The maximum Gasteiger partial charge on any atom is 0.230 e. The number of rotatable bonds is 6. The molecular weight excluding hydrogens is 366 g/mol. The Bertz CT molecular complexity index is 753. The third-order valence-corrected chi connectivity index (χ3v) is 4.59. The minimum Gasteiger partial charge on any atom is -0.489 e. The number of hydrogen-bond donors (Lipinski definition) is 1. The van der Waals surface area contributed by atoms with E-state index in [1.54, 1.807) is 13.0 Å². The highest BCUT2D eigenvalue weighted by Crippen LogP contribution is 2.37. The van der Waals surface area contributed by atoms with Gasteiger partial charge in [0, 0.05) is 19.9 Å². The Hall–Kier alpha value is -1.93. The number of fused-ring (bicyclic) bond motifs is 1. The fourth-order valence-electron chi connectivity index (χ4n) is 2.27. The molecule has 0 saturated heterocycles. The number of nitrogens with zero attached hydrogens (tertiary/aromatic N) is 2. The zero-order valence-electron chi connectivity index (χ0n) is 13.7. The van der Waals surface area contributed by atoms with Crippen LogP contribution in [0.4, 0.5) is 0 Å². The summed E-state index contributed by atoms with van der Waals surface area (Å²) in [5, 5.41) is 7.14. The molecule has 1 aliphatic heterocycles. The van der Waals surface area contributed by atoms with E-state index in [-0.39, 0.29) is 5.91 Å². The summed E-state index contributed by atoms with van der Waals surface area (Å²) in [6.07, 6.45) is 0.814. The third kappa shape index (κ3) is 5.02. The number of nitrogens with one attached hydrogen (secondary N) is 1. The Morgan fingerprint density at radius 1 is 1.36 bits per heavy atom. The summed E-state index contributed by atoms with van der Waals surface area (Å²) in [7, 11) is 0. The van der Waals surface area contributed by atoms with E-state index in [4.69, 9.17) is 25.6 Å². The van der Waals surface area contributed by atoms with E-state index in [0.717, 1.165) is 12.0 Å². The molecule has 2 heterocycles. The third-order valence-electron chi connectivity index (χ3n) is 3.39. The molecule has 0 saturated carbocycles. The zero-order chi connectivity index (χ0) is 17.6. The van der Waals surface area contributed by atoms with Gasteiger partial charge in [-0.05, 0) is 17.7 Å². The number of aryl methyl sites for hydroxylation is 1. The molecule has 3 rings (SSSR count). The predicted molar refractivity (Wildman–Crippen MR) is 94.1 cm³/mol. The number of halogens is 1. The molecule has 25 heavy (non-hydrogen) atoms. The van der Waals surface area contributed by atoms with Crippen molar-refractivity contribution in [3.05, 3.63) is 34.4 Å². The Morgan fingerprint density at radius 2 is 2.20 bits per heavy atom. The van der Waals surface area contributed by atoms with Crippen LogP contribution in [-0.4, -0.2) is 35.0 Å². The molecule has 1 aliphatic rings. The van der Waals surface area contributed by atoms with Crippen LogP contribution in [0.3, 0.4) is 0 Å². The molecule has 1 amide bonds. The van der Waals surface area contributed by atoms with Gasteiger partial charge in [-0.15, -0.1) is 11.8 Å². The molecule has 0 aliphatic carbocycles. The summed E-state index contributed by atoms with van der Waals surface area (Å²) in [5.74, 6) is 3.06. The SMILES string of the molecule is Cc1nc(CSCC(=O)NCc2cc(Cl)c3c(c2)OCCCO3)no1. The van der Waals surface area contributed by atoms with Gasteiger partial charge in [-0.1, -0.05) is 16.8 Å². The molecule has 0 unspecified atom stereocenters. The van der Waals surface area contributed by atoms with Crippen molar-refractivity contribution in [2.75, 3.05) is 19.0 Å². The highest BCUT2D eigenvalue weighted by molar-refractivity contribution is 7.99. The Labute approximate surface area is 154 Å². The Kier molecular flexibility index (Phi) is 6.04. The van der Waals surface area contributed by atoms with E-state index in [2.05, 4.69) is 15.5 Å². The van der Waals surface area contributed by atoms with Crippen molar-refractivity contribution in [1.29, 1.82) is 0 Å². The zero-order valence-corrected chi connectivity index (χ0v) is 15.3. The lowest BCUT2D eigenvalue weighted by Crippen LogP contribution is -2.24. The van der Waals surface area contributed by atoms with Gasteiger partial charge in [0.1, 0.15) is 0 Å². The van der Waals surface area contributed by atoms with E-state index in [9.17, 15) is 4.79 Å². The summed E-state index contributed by atoms with van der Waals surface area (Å²) in [6, 6.07) is 3.63. The van der Waals surface area contributed by atoms with Gasteiger partial charge in [0.2, 0.25) is 11.8 Å². The Balaban J connectivity index is 1.48. The van der Waals surface area contributed by atoms with Crippen LogP contribution in [0.1, 0.15) is 23.7 Å². The van der Waals surface area contributed by atoms with Gasteiger partial charge in [-0.25, -0.2) is 0 Å². The van der Waals surface area contributed by atoms with Crippen LogP contribution in [0, 0.1) is 6.92 Å². The standard InChI is InChI=1S/C16H18ClN3O4S/c1-10-19-14(20-24-10)8-25-9-15(21)18-7-11-5-12(17)16-13(6-11)22-3-2-4-23-16/h5-6H,2-4,7-9H2,1H3,(H,18,21). The van der Waals surface area contributed by atoms with E-state index >= 15 is 0 Å². The van der Waals surface area contributed by atoms with Crippen molar-refractivity contribution in [3.63, 3.8) is 0 Å². The first-order valence-electron chi connectivity index (χ1n) is 7.83. The fourth-order valence-corrected chi connectivity index (χ4v) is 3.25. The number of ether oxygens (including phenoxy) is 2. The summed E-state index contributed by atoms with van der Waals surface area (Å²) < 4.78 is 16.1. The lowest BCUT2D eigenvalue weighted by molar-refractivity contribution is -0.118. The molecule has 0 atom stereocenters. The van der Waals surface area contributed by atoms with Crippen LogP contribution >= 0.6 is 23.4 Å². The number of carbonyl (C=O) groups is 1. The molecule has 0 fully saturated rings. The molecule has 1 aromatic heterocycles. The van der Waals surface area contributed by atoms with Crippen molar-refractivity contribution in [1.82, 2.24) is 15.5 Å². The lowest BCUT2D eigenvalue weighted by Gasteiger charge is -2.12. The van der Waals surface area contributed by atoms with E-state index in [1.807, 2.05) is 6.07 Å². The van der Waals surface area contributed by atoms with Crippen LogP contribution in [0.25, 0.3) is 0 Å². The van der Waals surface area contributed by atoms with Crippen LogP contribution in [0.2, 0.25) is 5.02 Å². The summed E-state index contributed by atoms with van der Waals surface area (Å²) in [4.78, 5) is 16.0. The molecule has 2 aromatic rings. The van der Waals surface area contributed by atoms with Gasteiger partial charge in [-0.2, -0.15) is 4.98 Å². The molecular formula is C16H18ClN3O4S. The van der Waals surface area contributed by atoms with Gasteiger partial charge in [-0.3, -0.25) is 4.79 Å². The number of benzene rings is 1. The number of carbonyl (C=O) groups excluding carboxylic acids is 1. The highest BCUT2D eigenvalue weighted by atomic mass is 35.5. The topological polar surface area (TPSA) is 86.5 Å². The second-order valence-corrected chi connectivity index (χ2v) is 6.85. The maximum atomic E-state index is 12.0. The maximum absolute atomic E-state index is 12.0. The van der Waals surface area contributed by atoms with Crippen LogP contribution in [-0.2, 0) is 17.1 Å². The molecule has 0 radical (unpaired) electrons. The van der Waals surface area contributed by atoms with Crippen molar-refractivity contribution < 1.29 is 18.8 Å². The smallest absolute Gasteiger partial charge is 0.230 e. The lowest BCUT2D eigenvalue weighted by atomic mass is 10.2. The first-order chi connectivity index (χ1) is 12.1. The van der Waals surface area contributed by atoms with Crippen molar-refractivity contribution in [2.24, 2.45) is 0 Å². The van der Waals surface area contributed by atoms with Crippen molar-refractivity contribution in [2.45, 2.75) is 25.6 Å². The van der Waals surface area contributed by atoms with Crippen LogP contribution in [0.5, 0.6) is 11.5 Å². The average molecular weight is 384 g/mol. The number of amides is 1. The minimum absolute atomic E-state index is 0.0755. The largest absolute Gasteiger partial charge is 0.489 e. The van der Waals surface area contributed by atoms with E-state index in [1.165, 1.54) is 11.8 Å². The van der Waals surface area contributed by atoms with Gasteiger partial charge in [0.15, 0.2) is 17.3 Å². The van der Waals surface area contributed by atoms with Crippen molar-refractivity contribution in [3.8, 4) is 11.5 Å². The van der Waals surface area contributed by atoms with Gasteiger partial charge >= 0.3 is 0 Å². The number of hydrogen-bond acceptors (Lipinski definition) is 7. The normalized spacial score (nSPS) is 13.4. The average Bonchev–Trinajstić information content (AvgIpc) is 2.85. The van der Waals surface area contributed by atoms with E-state index in [0.29, 0.717) is 59.5 Å². The first kappa shape index (κ1) is 17.9. The molecule has 7 nitrogen and oxygen atoms in total. The van der Waals surface area contributed by atoms with Crippen LogP contribution in [0.15, 0.2) is 16.7 Å². The van der Waals surface area contributed by atoms with E-state index < -0.39 is 0 Å². The second-order valence-electron chi connectivity index (χ2n) is 5.45. The summed E-state index contributed by atoms with van der Waals surface area (Å²) in [5.41, 5.74) is 0.862. The van der Waals surface area contributed by atoms with Gasteiger partial charge in [0.25, 0.3) is 0 Å². The molecule has 1 aromatic carbocycles. The Morgan fingerprint density at radius 3 is 3.00 bits per heavy atom. The number of aromatic nitrogens is 2. The second kappa shape index (κ2) is 8.44. The molecule has 134 valence electrons. The van der Waals surface area contributed by atoms with Gasteiger partial charge < -0.3 is 19.3 Å². The first-order valence-corrected chi connectivity index (χ1v) is 9.37. The summed E-state index contributed by atoms with van der Waals surface area (Å²) >= 11 is 7.67. The molecule has 9 heteroatoms. The van der Waals surface area contributed by atoms with Crippen LogP contribution < -0.4 is 14.8 Å². The minimum atomic E-state index is -0.0755. The summed E-state index contributed by atoms with van der Waals surface area (Å²) in [6.45, 7) is 3.27. The molecule has 0 spiro atoms. The van der Waals surface area contributed by atoms with Gasteiger partial charge in [0.05, 0.1) is 29.7 Å². The predicted octanol–water partition coefficient (Wildman–Crippen LogP) is 2.74.